The summed E-state index contributed by atoms with van der Waals surface area (Å²) in [5.74, 6) is -0.227. The summed E-state index contributed by atoms with van der Waals surface area (Å²) < 4.78 is 13.9. The Morgan fingerprint density at radius 3 is 2.43 bits per heavy atom. The predicted octanol–water partition coefficient (Wildman–Crippen LogP) is 4.55. The van der Waals surface area contributed by atoms with Crippen LogP contribution < -0.4 is 5.32 Å². The number of halogens is 2. The van der Waals surface area contributed by atoms with Gasteiger partial charge in [0.05, 0.1) is 0 Å². The zero-order valence-electron chi connectivity index (χ0n) is 12.5. The molecule has 0 saturated heterocycles. The molecule has 0 heterocycles. The van der Waals surface area contributed by atoms with Crippen molar-refractivity contribution in [2.75, 3.05) is 6.54 Å². The first-order chi connectivity index (χ1) is 10.1. The molecule has 0 bridgehead atoms. The highest BCUT2D eigenvalue weighted by Crippen LogP contribution is 2.21. The molecule has 0 saturated carbocycles. The Kier molecular flexibility index (Phi) is 5.77. The van der Waals surface area contributed by atoms with Gasteiger partial charge >= 0.3 is 0 Å². The molecule has 112 valence electrons. The van der Waals surface area contributed by atoms with Gasteiger partial charge < -0.3 is 5.32 Å². The summed E-state index contributed by atoms with van der Waals surface area (Å²) in [6.45, 7) is 4.98. The van der Waals surface area contributed by atoms with Crippen LogP contribution in [0.5, 0.6) is 0 Å². The topological polar surface area (TPSA) is 12.0 Å². The molecule has 2 aromatic carbocycles. The average molecular weight is 306 g/mol. The van der Waals surface area contributed by atoms with Crippen LogP contribution in [-0.4, -0.2) is 12.6 Å². The van der Waals surface area contributed by atoms with Gasteiger partial charge in [0.2, 0.25) is 0 Å². The van der Waals surface area contributed by atoms with E-state index in [0.717, 1.165) is 13.0 Å². The fourth-order valence-electron chi connectivity index (χ4n) is 2.49. The minimum absolute atomic E-state index is 0.173. The van der Waals surface area contributed by atoms with Crippen LogP contribution in [0.15, 0.2) is 42.5 Å². The molecule has 0 fully saturated rings. The summed E-state index contributed by atoms with van der Waals surface area (Å²) in [6, 6.07) is 13.5. The first-order valence-electron chi connectivity index (χ1n) is 7.32. The number of hydrogen-bond acceptors (Lipinski definition) is 1. The number of likely N-dealkylation sites (N-methyl/N-ethyl adjacent to an activating group) is 1. The van der Waals surface area contributed by atoms with Crippen LogP contribution in [0.2, 0.25) is 5.02 Å². The van der Waals surface area contributed by atoms with Gasteiger partial charge in [-0.2, -0.15) is 0 Å². The zero-order valence-corrected chi connectivity index (χ0v) is 13.3. The van der Waals surface area contributed by atoms with E-state index in [2.05, 4.69) is 43.4 Å². The minimum atomic E-state index is -0.227. The van der Waals surface area contributed by atoms with E-state index >= 15 is 0 Å². The van der Waals surface area contributed by atoms with Crippen molar-refractivity contribution >= 4 is 11.6 Å². The van der Waals surface area contributed by atoms with Gasteiger partial charge in [-0.3, -0.25) is 0 Å². The molecule has 0 aromatic heterocycles. The summed E-state index contributed by atoms with van der Waals surface area (Å²) in [7, 11) is 0. The highest BCUT2D eigenvalue weighted by atomic mass is 35.5. The van der Waals surface area contributed by atoms with Crippen LogP contribution in [0.4, 0.5) is 4.39 Å². The third-order valence-corrected chi connectivity index (χ3v) is 3.96. The van der Waals surface area contributed by atoms with E-state index in [1.165, 1.54) is 17.2 Å². The van der Waals surface area contributed by atoms with Gasteiger partial charge in [0.25, 0.3) is 0 Å². The van der Waals surface area contributed by atoms with Gasteiger partial charge in [-0.1, -0.05) is 54.4 Å². The summed E-state index contributed by atoms with van der Waals surface area (Å²) in [5, 5.41) is 3.93. The molecule has 3 heteroatoms. The van der Waals surface area contributed by atoms with Crippen LogP contribution >= 0.6 is 11.6 Å². The molecule has 2 rings (SSSR count). The standard InChI is InChI=1S/C18H21ClFN/c1-3-21-15(11-14-9-7-13(2)8-10-14)12-16-17(19)5-4-6-18(16)20/h4-10,15,21H,3,11-12H2,1-2H3. The Bertz CT molecular complexity index is 560. The lowest BCUT2D eigenvalue weighted by atomic mass is 9.98. The molecular formula is C18H21ClFN. The van der Waals surface area contributed by atoms with E-state index in [-0.39, 0.29) is 11.9 Å². The average Bonchev–Trinajstić information content (AvgIpc) is 2.45. The summed E-state index contributed by atoms with van der Waals surface area (Å²) >= 11 is 6.13. The van der Waals surface area contributed by atoms with Crippen molar-refractivity contribution in [2.45, 2.75) is 32.7 Å². The van der Waals surface area contributed by atoms with E-state index in [1.54, 1.807) is 12.1 Å². The maximum Gasteiger partial charge on any atom is 0.127 e. The predicted molar refractivity (Wildman–Crippen MR) is 87.5 cm³/mol. The molecule has 0 amide bonds. The summed E-state index contributed by atoms with van der Waals surface area (Å²) in [5.41, 5.74) is 3.09. The number of aryl methyl sites for hydroxylation is 1. The maximum absolute atomic E-state index is 13.9. The summed E-state index contributed by atoms with van der Waals surface area (Å²) in [6.07, 6.45) is 1.45. The molecule has 0 aliphatic heterocycles. The number of nitrogens with one attached hydrogen (secondary N) is 1. The Hall–Kier alpha value is -1.38. The second-order valence-corrected chi connectivity index (χ2v) is 5.76. The van der Waals surface area contributed by atoms with E-state index in [9.17, 15) is 4.39 Å². The fourth-order valence-corrected chi connectivity index (χ4v) is 2.73. The largest absolute Gasteiger partial charge is 0.314 e. The van der Waals surface area contributed by atoms with Gasteiger partial charge in [0.15, 0.2) is 0 Å². The number of hydrogen-bond donors (Lipinski definition) is 1. The van der Waals surface area contributed by atoms with Crippen molar-refractivity contribution in [2.24, 2.45) is 0 Å². The van der Waals surface area contributed by atoms with Crippen LogP contribution in [-0.2, 0) is 12.8 Å². The van der Waals surface area contributed by atoms with Crippen molar-refractivity contribution < 1.29 is 4.39 Å². The van der Waals surface area contributed by atoms with E-state index in [1.807, 2.05) is 0 Å². The van der Waals surface area contributed by atoms with Crippen molar-refractivity contribution in [3.8, 4) is 0 Å². The van der Waals surface area contributed by atoms with Crippen LogP contribution in [0, 0.1) is 12.7 Å². The molecule has 1 N–H and O–H groups in total. The number of benzene rings is 2. The van der Waals surface area contributed by atoms with Crippen molar-refractivity contribution in [3.63, 3.8) is 0 Å². The number of rotatable bonds is 6. The minimum Gasteiger partial charge on any atom is -0.314 e. The molecule has 21 heavy (non-hydrogen) atoms. The first-order valence-corrected chi connectivity index (χ1v) is 7.69. The maximum atomic E-state index is 13.9. The van der Waals surface area contributed by atoms with E-state index < -0.39 is 0 Å². The smallest absolute Gasteiger partial charge is 0.127 e. The lowest BCUT2D eigenvalue weighted by Crippen LogP contribution is -2.33. The molecule has 0 radical (unpaired) electrons. The highest BCUT2D eigenvalue weighted by molar-refractivity contribution is 6.31. The van der Waals surface area contributed by atoms with E-state index in [4.69, 9.17) is 11.6 Å². The molecule has 0 spiro atoms. The van der Waals surface area contributed by atoms with Gasteiger partial charge in [0, 0.05) is 16.6 Å². The zero-order chi connectivity index (χ0) is 15.2. The fraction of sp³-hybridized carbons (Fsp3) is 0.333. The normalized spacial score (nSPS) is 12.4. The van der Waals surface area contributed by atoms with E-state index in [0.29, 0.717) is 17.0 Å². The molecule has 0 aliphatic rings. The first kappa shape index (κ1) is 16.0. The highest BCUT2D eigenvalue weighted by Gasteiger charge is 2.14. The Morgan fingerprint density at radius 2 is 1.81 bits per heavy atom. The lowest BCUT2D eigenvalue weighted by Gasteiger charge is -2.19. The SMILES string of the molecule is CCNC(Cc1ccc(C)cc1)Cc1c(F)cccc1Cl. The Labute approximate surface area is 131 Å². The van der Waals surface area contributed by atoms with Crippen molar-refractivity contribution in [1.29, 1.82) is 0 Å². The van der Waals surface area contributed by atoms with Gasteiger partial charge in [-0.05, 0) is 44.0 Å². The molecule has 2 aromatic rings. The Morgan fingerprint density at radius 1 is 1.10 bits per heavy atom. The molecule has 1 unspecified atom stereocenters. The quantitative estimate of drug-likeness (QED) is 0.825. The van der Waals surface area contributed by atoms with Gasteiger partial charge in [-0.15, -0.1) is 0 Å². The third kappa shape index (κ3) is 4.55. The van der Waals surface area contributed by atoms with Gasteiger partial charge in [-0.25, -0.2) is 4.39 Å². The summed E-state index contributed by atoms with van der Waals surface area (Å²) in [4.78, 5) is 0. The monoisotopic (exact) mass is 305 g/mol. The van der Waals surface area contributed by atoms with Gasteiger partial charge in [0.1, 0.15) is 5.82 Å². The third-order valence-electron chi connectivity index (χ3n) is 3.61. The molecular weight excluding hydrogens is 285 g/mol. The van der Waals surface area contributed by atoms with Crippen LogP contribution in [0.3, 0.4) is 0 Å². The van der Waals surface area contributed by atoms with Crippen molar-refractivity contribution in [3.05, 3.63) is 70.0 Å². The molecule has 0 aliphatic carbocycles. The molecule has 1 atom stereocenters. The van der Waals surface area contributed by atoms with Crippen LogP contribution in [0.1, 0.15) is 23.6 Å². The lowest BCUT2D eigenvalue weighted by molar-refractivity contribution is 0.506. The van der Waals surface area contributed by atoms with Crippen molar-refractivity contribution in [1.82, 2.24) is 5.32 Å². The molecule has 1 nitrogen and oxygen atoms in total. The Balaban J connectivity index is 2.13. The van der Waals surface area contributed by atoms with Crippen LogP contribution in [0.25, 0.3) is 0 Å². The second-order valence-electron chi connectivity index (χ2n) is 5.35. The second kappa shape index (κ2) is 7.58.